The minimum Gasteiger partial charge on any atom is -0.0625 e. The van der Waals surface area contributed by atoms with Crippen LogP contribution in [0.3, 0.4) is 0 Å². The van der Waals surface area contributed by atoms with Gasteiger partial charge in [0.25, 0.3) is 0 Å². The smallest absolute Gasteiger partial charge is 0.0323 e. The van der Waals surface area contributed by atoms with E-state index >= 15 is 0 Å². The lowest BCUT2D eigenvalue weighted by Gasteiger charge is -2.44. The van der Waals surface area contributed by atoms with Gasteiger partial charge >= 0.3 is 0 Å². The fraction of sp³-hybridized carbons (Fsp3) is 1.00. The molecule has 0 nitrogen and oxygen atoms in total. The summed E-state index contributed by atoms with van der Waals surface area (Å²) in [5, 5.41) is 0. The lowest BCUT2D eigenvalue weighted by molar-refractivity contribution is 0.0467. The Hall–Kier alpha value is 0. The van der Waals surface area contributed by atoms with Crippen LogP contribution in [0, 0.1) is 88.3 Å². The molecule has 0 radical (unpaired) electrons. The zero-order chi connectivity index (χ0) is 28.8. The van der Waals surface area contributed by atoms with Crippen LogP contribution in [0.15, 0.2) is 0 Å². The van der Waals surface area contributed by atoms with Crippen molar-refractivity contribution in [3.63, 3.8) is 0 Å². The summed E-state index contributed by atoms with van der Waals surface area (Å²) >= 11 is 0. The summed E-state index contributed by atoms with van der Waals surface area (Å²) in [5.74, 6) is 11.1. The molecule has 0 aromatic heterocycles. The monoisotopic (exact) mass is 519 g/mol. The van der Waals surface area contributed by atoms with E-state index in [2.05, 4.69) is 111 Å². The quantitative estimate of drug-likeness (QED) is 0.299. The van der Waals surface area contributed by atoms with Crippen LogP contribution < -0.4 is 0 Å². The Morgan fingerprint density at radius 2 is 0.730 bits per heavy atom. The highest BCUT2D eigenvalue weighted by atomic mass is 14.4. The maximum atomic E-state index is 2.58. The van der Waals surface area contributed by atoms with Gasteiger partial charge in [-0.05, 0) is 114 Å². The largest absolute Gasteiger partial charge is 0.0625 e. The maximum Gasteiger partial charge on any atom is -0.0323 e. The topological polar surface area (TPSA) is 0 Å². The SMILES string of the molecule is CC1CCC(C)C(C)C(C)C(C)C(C)C(C)C(C)C(C)C(C)C(C)C(C)(C)CC(C)CC(C)CC(C)C1. The van der Waals surface area contributed by atoms with Crippen molar-refractivity contribution in [2.75, 3.05) is 0 Å². The molecule has 0 aromatic rings. The van der Waals surface area contributed by atoms with E-state index in [0.29, 0.717) is 5.41 Å². The first-order valence-corrected chi connectivity index (χ1v) is 16.9. The zero-order valence-electron chi connectivity index (χ0n) is 28.8. The van der Waals surface area contributed by atoms with Gasteiger partial charge in [0.1, 0.15) is 0 Å². The molecule has 14 unspecified atom stereocenters. The second-order valence-electron chi connectivity index (χ2n) is 16.5. The third-order valence-electron chi connectivity index (χ3n) is 13.1. The molecule has 0 aromatic carbocycles. The molecule has 1 aliphatic rings. The van der Waals surface area contributed by atoms with E-state index in [1.54, 1.807) is 0 Å². The molecule has 0 heterocycles. The summed E-state index contributed by atoms with van der Waals surface area (Å²) in [6.45, 7) is 41.0. The van der Waals surface area contributed by atoms with Crippen LogP contribution in [0.5, 0.6) is 0 Å². The molecule has 1 saturated carbocycles. The molecule has 0 heteroatoms. The normalized spacial score (nSPS) is 48.6. The minimum absolute atomic E-state index is 0.396. The van der Waals surface area contributed by atoms with Gasteiger partial charge in [-0.3, -0.25) is 0 Å². The lowest BCUT2D eigenvalue weighted by atomic mass is 9.61. The van der Waals surface area contributed by atoms with Gasteiger partial charge in [0.05, 0.1) is 0 Å². The van der Waals surface area contributed by atoms with E-state index in [0.717, 1.165) is 82.9 Å². The predicted octanol–water partition coefficient (Wildman–Crippen LogP) is 12.3. The molecule has 1 fully saturated rings. The van der Waals surface area contributed by atoms with Crippen LogP contribution in [0.1, 0.15) is 149 Å². The molecule has 1 aliphatic carbocycles. The number of rotatable bonds is 0. The second kappa shape index (κ2) is 15.1. The number of hydrogen-bond donors (Lipinski definition) is 0. The second-order valence-corrected chi connectivity index (χ2v) is 16.5. The molecule has 0 spiro atoms. The van der Waals surface area contributed by atoms with Gasteiger partial charge in [0, 0.05) is 0 Å². The number of hydrogen-bond acceptors (Lipinski definition) is 0. The zero-order valence-corrected chi connectivity index (χ0v) is 28.8. The van der Waals surface area contributed by atoms with Gasteiger partial charge in [-0.1, -0.05) is 124 Å². The molecular weight excluding hydrogens is 444 g/mol. The standard InChI is InChI=1S/C37H74/c1-23-17-18-27(5)28(6)29(7)30(8)31(9)32(10)33(11)34(12)35(13)36(14)37(15,16)22-26(4)21-25(3)20-24(2)19-23/h23-36H,17-22H2,1-16H3. The molecule has 37 heavy (non-hydrogen) atoms. The van der Waals surface area contributed by atoms with Crippen molar-refractivity contribution in [3.8, 4) is 0 Å². The Bertz CT molecular complexity index is 618. The van der Waals surface area contributed by atoms with E-state index in [-0.39, 0.29) is 0 Å². The molecule has 0 amide bonds. The first-order valence-electron chi connectivity index (χ1n) is 16.9. The van der Waals surface area contributed by atoms with E-state index < -0.39 is 0 Å². The van der Waals surface area contributed by atoms with E-state index in [9.17, 15) is 0 Å². The van der Waals surface area contributed by atoms with Crippen LogP contribution in [0.4, 0.5) is 0 Å². The van der Waals surface area contributed by atoms with Crippen LogP contribution >= 0.6 is 0 Å². The summed E-state index contributed by atoms with van der Waals surface area (Å²) in [6, 6.07) is 0. The first-order chi connectivity index (χ1) is 16.9. The Kier molecular flexibility index (Phi) is 14.3. The Balaban J connectivity index is 3.19. The summed E-state index contributed by atoms with van der Waals surface area (Å²) in [5.41, 5.74) is 0.396. The van der Waals surface area contributed by atoms with Gasteiger partial charge in [0.2, 0.25) is 0 Å². The molecule has 0 N–H and O–H groups in total. The highest BCUT2D eigenvalue weighted by Gasteiger charge is 2.38. The average molecular weight is 519 g/mol. The van der Waals surface area contributed by atoms with E-state index in [1.807, 2.05) is 0 Å². The van der Waals surface area contributed by atoms with Gasteiger partial charge in [-0.15, -0.1) is 0 Å². The van der Waals surface area contributed by atoms with Crippen LogP contribution in [-0.4, -0.2) is 0 Å². The highest BCUT2D eigenvalue weighted by Crippen LogP contribution is 2.46. The minimum atomic E-state index is 0.396. The van der Waals surface area contributed by atoms with Gasteiger partial charge in [0.15, 0.2) is 0 Å². The lowest BCUT2D eigenvalue weighted by Crippen LogP contribution is -2.37. The van der Waals surface area contributed by atoms with E-state index in [1.165, 1.54) is 38.5 Å². The van der Waals surface area contributed by atoms with E-state index in [4.69, 9.17) is 0 Å². The maximum absolute atomic E-state index is 2.58. The van der Waals surface area contributed by atoms with Crippen molar-refractivity contribution >= 4 is 0 Å². The Morgan fingerprint density at radius 1 is 0.378 bits per heavy atom. The van der Waals surface area contributed by atoms with Crippen molar-refractivity contribution in [1.82, 2.24) is 0 Å². The first kappa shape index (κ1) is 35.0. The molecule has 14 atom stereocenters. The molecule has 0 saturated heterocycles. The van der Waals surface area contributed by atoms with Crippen LogP contribution in [-0.2, 0) is 0 Å². The molecular formula is C37H74. The van der Waals surface area contributed by atoms with Crippen LogP contribution in [0.2, 0.25) is 0 Å². The van der Waals surface area contributed by atoms with Crippen molar-refractivity contribution in [2.45, 2.75) is 149 Å². The summed E-state index contributed by atoms with van der Waals surface area (Å²) < 4.78 is 0. The van der Waals surface area contributed by atoms with Crippen molar-refractivity contribution in [1.29, 1.82) is 0 Å². The summed E-state index contributed by atoms with van der Waals surface area (Å²) in [4.78, 5) is 0. The molecule has 0 bridgehead atoms. The van der Waals surface area contributed by atoms with Gasteiger partial charge < -0.3 is 0 Å². The van der Waals surface area contributed by atoms with Crippen molar-refractivity contribution in [2.24, 2.45) is 88.3 Å². The molecule has 1 rings (SSSR count). The summed E-state index contributed by atoms with van der Waals surface area (Å²) in [6.07, 6.45) is 8.40. The predicted molar refractivity (Wildman–Crippen MR) is 170 cm³/mol. The van der Waals surface area contributed by atoms with Gasteiger partial charge in [-0.25, -0.2) is 0 Å². The third kappa shape index (κ3) is 10.2. The summed E-state index contributed by atoms with van der Waals surface area (Å²) in [7, 11) is 0. The fourth-order valence-corrected chi connectivity index (χ4v) is 8.91. The highest BCUT2D eigenvalue weighted by molar-refractivity contribution is 4.87. The van der Waals surface area contributed by atoms with Crippen molar-refractivity contribution < 1.29 is 0 Å². The van der Waals surface area contributed by atoms with Crippen LogP contribution in [0.25, 0.3) is 0 Å². The van der Waals surface area contributed by atoms with Gasteiger partial charge in [-0.2, -0.15) is 0 Å². The average Bonchev–Trinajstić information content (AvgIpc) is 2.81. The van der Waals surface area contributed by atoms with Crippen molar-refractivity contribution in [3.05, 3.63) is 0 Å². The Morgan fingerprint density at radius 3 is 1.19 bits per heavy atom. The third-order valence-corrected chi connectivity index (χ3v) is 13.1. The Labute approximate surface area is 237 Å². The molecule has 222 valence electrons. The molecule has 0 aliphatic heterocycles. The fourth-order valence-electron chi connectivity index (χ4n) is 8.91.